The van der Waals surface area contributed by atoms with Crippen molar-refractivity contribution in [3.8, 4) is 0 Å². The van der Waals surface area contributed by atoms with Crippen LogP contribution in [0.25, 0.3) is 0 Å². The lowest BCUT2D eigenvalue weighted by atomic mass is 10.0. The Morgan fingerprint density at radius 2 is 2.13 bits per heavy atom. The minimum absolute atomic E-state index is 0.130. The van der Waals surface area contributed by atoms with Gasteiger partial charge in [0.15, 0.2) is 5.78 Å². The fourth-order valence-electron chi connectivity index (χ4n) is 1.19. The summed E-state index contributed by atoms with van der Waals surface area (Å²) in [4.78, 5) is 11.5. The summed E-state index contributed by atoms with van der Waals surface area (Å²) < 4.78 is 26.0. The van der Waals surface area contributed by atoms with Crippen molar-refractivity contribution in [1.29, 1.82) is 0 Å². The van der Waals surface area contributed by atoms with E-state index in [-0.39, 0.29) is 23.3 Å². The van der Waals surface area contributed by atoms with Crippen molar-refractivity contribution < 1.29 is 13.6 Å². The zero-order valence-electron chi connectivity index (χ0n) is 7.64. The van der Waals surface area contributed by atoms with Gasteiger partial charge >= 0.3 is 0 Å². The van der Waals surface area contributed by atoms with Crippen molar-refractivity contribution in [3.63, 3.8) is 0 Å². The molecule has 0 unspecified atom stereocenters. The lowest BCUT2D eigenvalue weighted by Gasteiger charge is -2.07. The minimum Gasteiger partial charge on any atom is -0.294 e. The maximum atomic E-state index is 12.6. The molecule has 0 fully saturated rings. The number of hydrogen-bond donors (Lipinski definition) is 0. The van der Waals surface area contributed by atoms with Crippen LogP contribution in [-0.2, 0) is 0 Å². The van der Waals surface area contributed by atoms with Crippen molar-refractivity contribution in [2.75, 3.05) is 5.33 Å². The molecular formula is C10H8BrF2IO. The first kappa shape index (κ1) is 13.0. The second kappa shape index (κ2) is 5.89. The smallest absolute Gasteiger partial charge is 0.264 e. The monoisotopic (exact) mass is 388 g/mol. The predicted molar refractivity (Wildman–Crippen MR) is 66.9 cm³/mol. The van der Waals surface area contributed by atoms with Gasteiger partial charge in [0.2, 0.25) is 0 Å². The Labute approximate surface area is 109 Å². The molecule has 82 valence electrons. The largest absolute Gasteiger partial charge is 0.294 e. The summed E-state index contributed by atoms with van der Waals surface area (Å²) in [5.41, 5.74) is -0.0438. The average molecular weight is 389 g/mol. The first-order valence-electron chi connectivity index (χ1n) is 4.23. The third kappa shape index (κ3) is 3.48. The molecule has 0 amide bonds. The zero-order chi connectivity index (χ0) is 11.4. The molecule has 0 radical (unpaired) electrons. The maximum absolute atomic E-state index is 12.6. The number of hydrogen-bond acceptors (Lipinski definition) is 1. The number of Topliss-reactive ketones (excluding diaryl/α,β-unsaturated/α-hetero) is 1. The molecule has 0 aliphatic carbocycles. The van der Waals surface area contributed by atoms with E-state index in [1.165, 1.54) is 12.1 Å². The van der Waals surface area contributed by atoms with Gasteiger partial charge in [-0.25, -0.2) is 8.78 Å². The van der Waals surface area contributed by atoms with Crippen LogP contribution in [0, 0.1) is 3.57 Å². The van der Waals surface area contributed by atoms with Crippen LogP contribution in [0.2, 0.25) is 0 Å². The molecule has 5 heteroatoms. The van der Waals surface area contributed by atoms with E-state index in [4.69, 9.17) is 0 Å². The number of carbonyl (C=O) groups excluding carboxylic acids is 1. The zero-order valence-corrected chi connectivity index (χ0v) is 11.4. The summed E-state index contributed by atoms with van der Waals surface area (Å²) in [5.74, 6) is -0.251. The number of rotatable bonds is 4. The summed E-state index contributed by atoms with van der Waals surface area (Å²) in [6, 6.07) is 4.48. The number of ketones is 1. The topological polar surface area (TPSA) is 17.1 Å². The third-order valence-electron chi connectivity index (χ3n) is 1.87. The van der Waals surface area contributed by atoms with Crippen molar-refractivity contribution in [3.05, 3.63) is 32.9 Å². The molecule has 1 nitrogen and oxygen atoms in total. The lowest BCUT2D eigenvalue weighted by Crippen LogP contribution is -2.05. The van der Waals surface area contributed by atoms with Gasteiger partial charge in [0.05, 0.1) is 0 Å². The third-order valence-corrected chi connectivity index (χ3v) is 2.94. The highest BCUT2D eigenvalue weighted by atomic mass is 127. The van der Waals surface area contributed by atoms with Crippen LogP contribution in [-0.4, -0.2) is 11.1 Å². The molecule has 0 heterocycles. The van der Waals surface area contributed by atoms with Crippen molar-refractivity contribution in [2.45, 2.75) is 12.8 Å². The van der Waals surface area contributed by atoms with E-state index >= 15 is 0 Å². The van der Waals surface area contributed by atoms with Crippen LogP contribution >= 0.6 is 38.5 Å². The SMILES string of the molecule is O=C(CCBr)c1ccc(I)cc1C(F)F. The Bertz CT molecular complexity index is 368. The Morgan fingerprint density at radius 3 is 2.67 bits per heavy atom. The summed E-state index contributed by atoms with van der Waals surface area (Å²) in [5, 5.41) is 0.487. The van der Waals surface area contributed by atoms with Gasteiger partial charge in [-0.15, -0.1) is 0 Å². The highest BCUT2D eigenvalue weighted by molar-refractivity contribution is 14.1. The van der Waals surface area contributed by atoms with Crippen LogP contribution in [0.5, 0.6) is 0 Å². The summed E-state index contributed by atoms with van der Waals surface area (Å²) >= 11 is 5.06. The predicted octanol–water partition coefficient (Wildman–Crippen LogP) is 4.20. The molecule has 1 rings (SSSR count). The van der Waals surface area contributed by atoms with E-state index in [2.05, 4.69) is 15.9 Å². The van der Waals surface area contributed by atoms with Gasteiger partial charge in [-0.1, -0.05) is 15.9 Å². The van der Waals surface area contributed by atoms with E-state index in [9.17, 15) is 13.6 Å². The maximum Gasteiger partial charge on any atom is 0.264 e. The van der Waals surface area contributed by atoms with E-state index < -0.39 is 6.43 Å². The summed E-state index contributed by atoms with van der Waals surface area (Å²) in [6.45, 7) is 0. The van der Waals surface area contributed by atoms with E-state index in [1.807, 2.05) is 22.6 Å². The highest BCUT2D eigenvalue weighted by Gasteiger charge is 2.17. The highest BCUT2D eigenvalue weighted by Crippen LogP contribution is 2.26. The standard InChI is InChI=1S/C10H8BrF2IO/c11-4-3-9(15)7-2-1-6(14)5-8(7)10(12)13/h1-2,5,10H,3-4H2. The Morgan fingerprint density at radius 1 is 1.47 bits per heavy atom. The molecule has 1 aromatic carbocycles. The first-order valence-corrected chi connectivity index (χ1v) is 6.43. The van der Waals surface area contributed by atoms with Crippen LogP contribution in [0.3, 0.4) is 0 Å². The van der Waals surface area contributed by atoms with Gasteiger partial charge in [0.25, 0.3) is 6.43 Å². The molecule has 1 aromatic rings. The first-order chi connectivity index (χ1) is 7.06. The van der Waals surface area contributed by atoms with Crippen LogP contribution in [0.1, 0.15) is 28.8 Å². The Balaban J connectivity index is 3.11. The lowest BCUT2D eigenvalue weighted by molar-refractivity contribution is 0.0976. The summed E-state index contributed by atoms with van der Waals surface area (Å²) in [6.07, 6.45) is -2.37. The molecule has 0 atom stereocenters. The average Bonchev–Trinajstić information content (AvgIpc) is 2.17. The van der Waals surface area contributed by atoms with E-state index in [0.29, 0.717) is 8.90 Å². The molecule has 0 aromatic heterocycles. The number of benzene rings is 1. The van der Waals surface area contributed by atoms with Gasteiger partial charge in [0, 0.05) is 26.4 Å². The molecule has 0 spiro atoms. The van der Waals surface area contributed by atoms with Crippen LogP contribution in [0.4, 0.5) is 8.78 Å². The molecule has 0 aliphatic rings. The van der Waals surface area contributed by atoms with Crippen LogP contribution < -0.4 is 0 Å². The van der Waals surface area contributed by atoms with Crippen molar-refractivity contribution in [1.82, 2.24) is 0 Å². The van der Waals surface area contributed by atoms with Crippen molar-refractivity contribution >= 4 is 44.3 Å². The molecule has 0 aliphatic heterocycles. The fourth-order valence-corrected chi connectivity index (χ4v) is 2.06. The minimum atomic E-state index is -2.60. The van der Waals surface area contributed by atoms with Crippen molar-refractivity contribution in [2.24, 2.45) is 0 Å². The molecular weight excluding hydrogens is 381 g/mol. The van der Waals surface area contributed by atoms with Gasteiger partial charge in [-0.3, -0.25) is 4.79 Å². The number of carbonyl (C=O) groups is 1. The number of alkyl halides is 3. The van der Waals surface area contributed by atoms with E-state index in [1.54, 1.807) is 6.07 Å². The molecule has 0 bridgehead atoms. The quantitative estimate of drug-likeness (QED) is 0.429. The van der Waals surface area contributed by atoms with E-state index in [0.717, 1.165) is 0 Å². The summed E-state index contributed by atoms with van der Waals surface area (Å²) in [7, 11) is 0. The number of halogens is 4. The van der Waals surface area contributed by atoms with Gasteiger partial charge < -0.3 is 0 Å². The normalized spacial score (nSPS) is 10.7. The Hall–Kier alpha value is -0.0400. The van der Waals surface area contributed by atoms with Gasteiger partial charge in [-0.05, 0) is 40.8 Å². The molecule has 0 saturated heterocycles. The van der Waals surface area contributed by atoms with Crippen LogP contribution in [0.15, 0.2) is 18.2 Å². The molecule has 0 saturated carbocycles. The molecule has 0 N–H and O–H groups in total. The van der Waals surface area contributed by atoms with Gasteiger partial charge in [0.1, 0.15) is 0 Å². The molecule has 15 heavy (non-hydrogen) atoms. The second-order valence-electron chi connectivity index (χ2n) is 2.89. The van der Waals surface area contributed by atoms with Gasteiger partial charge in [-0.2, -0.15) is 0 Å². The Kier molecular flexibility index (Phi) is 5.11. The second-order valence-corrected chi connectivity index (χ2v) is 4.93. The fraction of sp³-hybridized carbons (Fsp3) is 0.300.